The van der Waals surface area contributed by atoms with Crippen molar-refractivity contribution in [1.82, 2.24) is 5.32 Å². The Balaban J connectivity index is 1.69. The number of rotatable bonds is 5. The van der Waals surface area contributed by atoms with E-state index in [1.54, 1.807) is 0 Å². The number of hydrogen-bond acceptors (Lipinski definition) is 2. The highest BCUT2D eigenvalue weighted by Gasteiger charge is 2.17. The number of nitrogens with one attached hydrogen (secondary N) is 2. The molecule has 3 aromatic carbocycles. The number of hydrogen-bond donors (Lipinski definition) is 2. The number of amides is 2. The van der Waals surface area contributed by atoms with E-state index < -0.39 is 0 Å². The van der Waals surface area contributed by atoms with E-state index in [0.717, 1.165) is 22.3 Å². The van der Waals surface area contributed by atoms with Crippen LogP contribution in [-0.2, 0) is 9.59 Å². The summed E-state index contributed by atoms with van der Waals surface area (Å²) in [7, 11) is 0. The number of aryl methyl sites for hydroxylation is 1. The molecule has 0 saturated heterocycles. The Bertz CT molecular complexity index is 1080. The van der Waals surface area contributed by atoms with Gasteiger partial charge in [0, 0.05) is 23.7 Å². The SMILES string of the molecule is CC(=O)NC(CC(=O)Nc1cccc(C#Cc2ccccc2)c1)c1ccc(C)cc1. The smallest absolute Gasteiger partial charge is 0.226 e. The first-order chi connectivity index (χ1) is 14.5. The van der Waals surface area contributed by atoms with Crippen LogP contribution in [0, 0.1) is 18.8 Å². The Morgan fingerprint density at radius 1 is 0.867 bits per heavy atom. The third kappa shape index (κ3) is 6.35. The van der Waals surface area contributed by atoms with E-state index in [-0.39, 0.29) is 24.3 Å². The van der Waals surface area contributed by atoms with Crippen LogP contribution < -0.4 is 10.6 Å². The van der Waals surface area contributed by atoms with E-state index in [9.17, 15) is 9.59 Å². The van der Waals surface area contributed by atoms with Gasteiger partial charge in [0.05, 0.1) is 12.5 Å². The van der Waals surface area contributed by atoms with Gasteiger partial charge in [-0.3, -0.25) is 9.59 Å². The zero-order valence-corrected chi connectivity index (χ0v) is 17.1. The molecule has 0 bridgehead atoms. The standard InChI is InChI=1S/C26H24N2O2/c1-19-11-15-23(16-12-19)25(27-20(2)29)18-26(30)28-24-10-6-9-22(17-24)14-13-21-7-4-3-5-8-21/h3-12,15-17,25H,18H2,1-2H3,(H,27,29)(H,28,30). The first-order valence-corrected chi connectivity index (χ1v) is 9.80. The molecule has 2 amide bonds. The van der Waals surface area contributed by atoms with Crippen molar-refractivity contribution >= 4 is 17.5 Å². The average Bonchev–Trinajstić information content (AvgIpc) is 2.73. The summed E-state index contributed by atoms with van der Waals surface area (Å²) in [6.45, 7) is 3.45. The Hall–Kier alpha value is -3.84. The minimum absolute atomic E-state index is 0.141. The maximum Gasteiger partial charge on any atom is 0.226 e. The van der Waals surface area contributed by atoms with Crippen LogP contribution in [0.5, 0.6) is 0 Å². The molecule has 3 rings (SSSR count). The molecule has 0 aliphatic carbocycles. The summed E-state index contributed by atoms with van der Waals surface area (Å²) in [4.78, 5) is 24.2. The lowest BCUT2D eigenvalue weighted by Gasteiger charge is -2.18. The van der Waals surface area contributed by atoms with Crippen LogP contribution in [0.2, 0.25) is 0 Å². The van der Waals surface area contributed by atoms with Gasteiger partial charge < -0.3 is 10.6 Å². The van der Waals surface area contributed by atoms with Gasteiger partial charge in [-0.1, -0.05) is 65.9 Å². The first-order valence-electron chi connectivity index (χ1n) is 9.80. The van der Waals surface area contributed by atoms with Crippen LogP contribution in [0.4, 0.5) is 5.69 Å². The zero-order chi connectivity index (χ0) is 21.3. The van der Waals surface area contributed by atoms with Gasteiger partial charge in [0.1, 0.15) is 0 Å². The molecule has 150 valence electrons. The van der Waals surface area contributed by atoms with Crippen molar-refractivity contribution in [2.75, 3.05) is 5.32 Å². The molecule has 1 unspecified atom stereocenters. The minimum Gasteiger partial charge on any atom is -0.349 e. The van der Waals surface area contributed by atoms with Gasteiger partial charge in [-0.2, -0.15) is 0 Å². The summed E-state index contributed by atoms with van der Waals surface area (Å²) in [5.41, 5.74) is 4.44. The predicted octanol–water partition coefficient (Wildman–Crippen LogP) is 4.60. The summed E-state index contributed by atoms with van der Waals surface area (Å²) >= 11 is 0. The fourth-order valence-electron chi connectivity index (χ4n) is 3.03. The summed E-state index contributed by atoms with van der Waals surface area (Å²) in [5.74, 6) is 5.87. The van der Waals surface area contributed by atoms with Crippen LogP contribution in [0.25, 0.3) is 0 Å². The van der Waals surface area contributed by atoms with Crippen LogP contribution >= 0.6 is 0 Å². The highest BCUT2D eigenvalue weighted by atomic mass is 16.2. The van der Waals surface area contributed by atoms with E-state index in [1.165, 1.54) is 6.92 Å². The molecule has 2 N–H and O–H groups in total. The van der Waals surface area contributed by atoms with Gasteiger partial charge in [0.15, 0.2) is 0 Å². The topological polar surface area (TPSA) is 58.2 Å². The van der Waals surface area contributed by atoms with Crippen molar-refractivity contribution in [2.45, 2.75) is 26.3 Å². The number of benzene rings is 3. The molecule has 0 aliphatic heterocycles. The van der Waals surface area contributed by atoms with Gasteiger partial charge in [-0.05, 0) is 42.8 Å². The lowest BCUT2D eigenvalue weighted by atomic mass is 10.0. The Labute approximate surface area is 177 Å². The summed E-state index contributed by atoms with van der Waals surface area (Å²) in [6.07, 6.45) is 0.141. The predicted molar refractivity (Wildman–Crippen MR) is 120 cm³/mol. The zero-order valence-electron chi connectivity index (χ0n) is 17.1. The second kappa shape index (κ2) is 10.1. The fraction of sp³-hybridized carbons (Fsp3) is 0.154. The van der Waals surface area contributed by atoms with Crippen molar-refractivity contribution in [3.8, 4) is 11.8 Å². The first kappa shape index (κ1) is 20.9. The molecule has 0 aromatic heterocycles. The van der Waals surface area contributed by atoms with E-state index in [4.69, 9.17) is 0 Å². The maximum atomic E-state index is 12.6. The van der Waals surface area contributed by atoms with Crippen LogP contribution in [0.3, 0.4) is 0 Å². The second-order valence-electron chi connectivity index (χ2n) is 7.11. The van der Waals surface area contributed by atoms with Gasteiger partial charge in [0.25, 0.3) is 0 Å². The molecule has 0 radical (unpaired) electrons. The summed E-state index contributed by atoms with van der Waals surface area (Å²) in [5, 5.41) is 5.77. The molecule has 4 nitrogen and oxygen atoms in total. The lowest BCUT2D eigenvalue weighted by molar-refractivity contribution is -0.120. The molecule has 0 spiro atoms. The molecular formula is C26H24N2O2. The fourth-order valence-corrected chi connectivity index (χ4v) is 3.03. The van der Waals surface area contributed by atoms with Crippen LogP contribution in [0.1, 0.15) is 41.6 Å². The molecule has 30 heavy (non-hydrogen) atoms. The van der Waals surface area contributed by atoms with Crippen molar-refractivity contribution < 1.29 is 9.59 Å². The molecule has 1 atom stereocenters. The Morgan fingerprint density at radius 2 is 1.53 bits per heavy atom. The van der Waals surface area contributed by atoms with Crippen molar-refractivity contribution in [3.05, 3.63) is 101 Å². The van der Waals surface area contributed by atoms with E-state index in [0.29, 0.717) is 5.69 Å². The normalized spacial score (nSPS) is 11.0. The molecular weight excluding hydrogens is 372 g/mol. The highest BCUT2D eigenvalue weighted by molar-refractivity contribution is 5.91. The minimum atomic E-state index is -0.385. The largest absolute Gasteiger partial charge is 0.349 e. The molecule has 3 aromatic rings. The van der Waals surface area contributed by atoms with Crippen molar-refractivity contribution in [2.24, 2.45) is 0 Å². The highest BCUT2D eigenvalue weighted by Crippen LogP contribution is 2.19. The van der Waals surface area contributed by atoms with Gasteiger partial charge >= 0.3 is 0 Å². The Morgan fingerprint density at radius 3 is 2.23 bits per heavy atom. The van der Waals surface area contributed by atoms with Crippen molar-refractivity contribution in [1.29, 1.82) is 0 Å². The van der Waals surface area contributed by atoms with Gasteiger partial charge in [0.2, 0.25) is 11.8 Å². The lowest BCUT2D eigenvalue weighted by Crippen LogP contribution is -2.29. The van der Waals surface area contributed by atoms with Crippen LogP contribution in [0.15, 0.2) is 78.9 Å². The third-order valence-corrected chi connectivity index (χ3v) is 4.52. The van der Waals surface area contributed by atoms with E-state index in [2.05, 4.69) is 22.5 Å². The van der Waals surface area contributed by atoms with E-state index in [1.807, 2.05) is 85.8 Å². The van der Waals surface area contributed by atoms with Crippen molar-refractivity contribution in [3.63, 3.8) is 0 Å². The molecule has 0 heterocycles. The number of carbonyl (C=O) groups excluding carboxylic acids is 2. The van der Waals surface area contributed by atoms with Gasteiger partial charge in [-0.15, -0.1) is 0 Å². The molecule has 4 heteroatoms. The molecule has 0 fully saturated rings. The van der Waals surface area contributed by atoms with Gasteiger partial charge in [-0.25, -0.2) is 0 Å². The maximum absolute atomic E-state index is 12.6. The number of anilines is 1. The molecule has 0 aliphatic rings. The third-order valence-electron chi connectivity index (χ3n) is 4.52. The van der Waals surface area contributed by atoms with Crippen LogP contribution in [-0.4, -0.2) is 11.8 Å². The van der Waals surface area contributed by atoms with E-state index >= 15 is 0 Å². The average molecular weight is 396 g/mol. The Kier molecular flexibility index (Phi) is 7.02. The summed E-state index contributed by atoms with van der Waals surface area (Å²) in [6, 6.07) is 24.6. The second-order valence-corrected chi connectivity index (χ2v) is 7.11. The summed E-state index contributed by atoms with van der Waals surface area (Å²) < 4.78 is 0. The monoisotopic (exact) mass is 396 g/mol. The molecule has 0 saturated carbocycles. The number of carbonyl (C=O) groups is 2. The quantitative estimate of drug-likeness (QED) is 0.619.